The number of rotatable bonds is 3. The minimum Gasteiger partial charge on any atom is -0.307 e. The van der Waals surface area contributed by atoms with E-state index in [1.165, 1.54) is 12.1 Å². The molecule has 3 heteroatoms. The zero-order valence-corrected chi connectivity index (χ0v) is 9.69. The van der Waals surface area contributed by atoms with Crippen molar-refractivity contribution < 1.29 is 8.78 Å². The van der Waals surface area contributed by atoms with Gasteiger partial charge in [0.2, 0.25) is 0 Å². The summed E-state index contributed by atoms with van der Waals surface area (Å²) in [6.45, 7) is 4.14. The Morgan fingerprint density at radius 3 is 2.75 bits per heavy atom. The molecule has 2 rings (SSSR count). The van der Waals surface area contributed by atoms with Gasteiger partial charge in [-0.2, -0.15) is 0 Å². The number of benzene rings is 1. The average molecular weight is 225 g/mol. The van der Waals surface area contributed by atoms with Crippen LogP contribution in [0, 0.1) is 11.6 Å². The topological polar surface area (TPSA) is 12.0 Å². The predicted octanol–water partition coefficient (Wildman–Crippen LogP) is 3.34. The van der Waals surface area contributed by atoms with Gasteiger partial charge in [-0.25, -0.2) is 8.78 Å². The Bertz CT molecular complexity index is 390. The number of hydrogen-bond acceptors (Lipinski definition) is 1. The summed E-state index contributed by atoms with van der Waals surface area (Å²) in [5.74, 6) is -0.556. The highest BCUT2D eigenvalue weighted by Gasteiger charge is 2.28. The van der Waals surface area contributed by atoms with Crippen LogP contribution in [0.25, 0.3) is 0 Å². The van der Waals surface area contributed by atoms with E-state index in [9.17, 15) is 8.78 Å². The standard InChI is InChI=1S/C13H17F2N/c1-3-8(2)16-12-7-4-9-10(14)5-6-11(15)13(9)12/h5-6,8,12,16H,3-4,7H2,1-2H3. The van der Waals surface area contributed by atoms with Crippen LogP contribution in [-0.4, -0.2) is 6.04 Å². The summed E-state index contributed by atoms with van der Waals surface area (Å²) in [6, 6.07) is 2.75. The average Bonchev–Trinajstić information content (AvgIpc) is 2.68. The molecule has 0 saturated heterocycles. The second-order valence-electron chi connectivity index (χ2n) is 4.49. The van der Waals surface area contributed by atoms with Gasteiger partial charge in [0.15, 0.2) is 0 Å². The third-order valence-electron chi connectivity index (χ3n) is 3.38. The van der Waals surface area contributed by atoms with Gasteiger partial charge in [-0.3, -0.25) is 0 Å². The molecule has 0 amide bonds. The van der Waals surface area contributed by atoms with Crippen LogP contribution < -0.4 is 5.32 Å². The molecule has 0 spiro atoms. The van der Waals surface area contributed by atoms with Gasteiger partial charge in [-0.05, 0) is 43.9 Å². The van der Waals surface area contributed by atoms with Crippen LogP contribution in [0.15, 0.2) is 12.1 Å². The Morgan fingerprint density at radius 2 is 2.06 bits per heavy atom. The van der Waals surface area contributed by atoms with Gasteiger partial charge < -0.3 is 5.32 Å². The highest BCUT2D eigenvalue weighted by molar-refractivity contribution is 5.37. The Balaban J connectivity index is 2.28. The zero-order valence-electron chi connectivity index (χ0n) is 9.69. The molecule has 1 aromatic carbocycles. The van der Waals surface area contributed by atoms with Crippen LogP contribution in [0.4, 0.5) is 8.78 Å². The van der Waals surface area contributed by atoms with Crippen molar-refractivity contribution in [1.82, 2.24) is 5.32 Å². The van der Waals surface area contributed by atoms with Crippen molar-refractivity contribution in [1.29, 1.82) is 0 Å². The summed E-state index contributed by atoms with van der Waals surface area (Å²) in [5, 5.41) is 3.35. The van der Waals surface area contributed by atoms with Crippen molar-refractivity contribution in [3.63, 3.8) is 0 Å². The maximum absolute atomic E-state index is 13.7. The molecule has 2 unspecified atom stereocenters. The number of fused-ring (bicyclic) bond motifs is 1. The lowest BCUT2D eigenvalue weighted by atomic mass is 10.1. The largest absolute Gasteiger partial charge is 0.307 e. The molecule has 1 aliphatic carbocycles. The molecule has 0 heterocycles. The Kier molecular flexibility index (Phi) is 3.24. The van der Waals surface area contributed by atoms with Gasteiger partial charge in [0, 0.05) is 17.6 Å². The smallest absolute Gasteiger partial charge is 0.128 e. The van der Waals surface area contributed by atoms with Crippen molar-refractivity contribution in [3.8, 4) is 0 Å². The van der Waals surface area contributed by atoms with Crippen LogP contribution in [-0.2, 0) is 6.42 Å². The van der Waals surface area contributed by atoms with Crippen molar-refractivity contribution in [2.75, 3.05) is 0 Å². The second kappa shape index (κ2) is 4.50. The molecule has 1 N–H and O–H groups in total. The quantitative estimate of drug-likeness (QED) is 0.832. The third kappa shape index (κ3) is 1.96. The SMILES string of the molecule is CCC(C)NC1CCc2c(F)ccc(F)c21. The fraction of sp³-hybridized carbons (Fsp3) is 0.538. The van der Waals surface area contributed by atoms with Gasteiger partial charge in [-0.1, -0.05) is 6.92 Å². The Morgan fingerprint density at radius 1 is 1.38 bits per heavy atom. The monoisotopic (exact) mass is 225 g/mol. The lowest BCUT2D eigenvalue weighted by Crippen LogP contribution is -2.29. The lowest BCUT2D eigenvalue weighted by molar-refractivity contribution is 0.433. The van der Waals surface area contributed by atoms with Crippen LogP contribution in [0.3, 0.4) is 0 Å². The van der Waals surface area contributed by atoms with Gasteiger partial charge in [0.25, 0.3) is 0 Å². The maximum Gasteiger partial charge on any atom is 0.128 e. The molecule has 88 valence electrons. The number of nitrogens with one attached hydrogen (secondary N) is 1. The van der Waals surface area contributed by atoms with E-state index < -0.39 is 0 Å². The minimum atomic E-state index is -0.283. The molecule has 0 aromatic heterocycles. The molecule has 1 nitrogen and oxygen atoms in total. The molecule has 0 bridgehead atoms. The van der Waals surface area contributed by atoms with E-state index in [2.05, 4.69) is 19.2 Å². The third-order valence-corrected chi connectivity index (χ3v) is 3.38. The first kappa shape index (κ1) is 11.5. The van der Waals surface area contributed by atoms with E-state index in [-0.39, 0.29) is 17.7 Å². The molecule has 16 heavy (non-hydrogen) atoms. The normalized spacial score (nSPS) is 20.9. The van der Waals surface area contributed by atoms with Crippen LogP contribution >= 0.6 is 0 Å². The van der Waals surface area contributed by atoms with E-state index in [0.29, 0.717) is 23.6 Å². The van der Waals surface area contributed by atoms with E-state index in [1.807, 2.05) is 0 Å². The maximum atomic E-state index is 13.7. The first-order valence-corrected chi connectivity index (χ1v) is 5.86. The van der Waals surface area contributed by atoms with Crippen LogP contribution in [0.2, 0.25) is 0 Å². The Labute approximate surface area is 94.9 Å². The second-order valence-corrected chi connectivity index (χ2v) is 4.49. The summed E-state index contributed by atoms with van der Waals surface area (Å²) >= 11 is 0. The summed E-state index contributed by atoms with van der Waals surface area (Å²) in [5.41, 5.74) is 1.10. The summed E-state index contributed by atoms with van der Waals surface area (Å²) in [6.07, 6.45) is 2.41. The summed E-state index contributed by atoms with van der Waals surface area (Å²) in [7, 11) is 0. The van der Waals surface area contributed by atoms with Gasteiger partial charge in [0.1, 0.15) is 11.6 Å². The summed E-state index contributed by atoms with van der Waals surface area (Å²) in [4.78, 5) is 0. The van der Waals surface area contributed by atoms with Crippen molar-refractivity contribution in [2.24, 2.45) is 0 Å². The molecule has 1 aliphatic rings. The van der Waals surface area contributed by atoms with Crippen LogP contribution in [0.1, 0.15) is 43.9 Å². The minimum absolute atomic E-state index is 0.0272. The molecule has 1 aromatic rings. The first-order valence-electron chi connectivity index (χ1n) is 5.86. The summed E-state index contributed by atoms with van der Waals surface area (Å²) < 4.78 is 27.1. The van der Waals surface area contributed by atoms with Gasteiger partial charge in [0.05, 0.1) is 0 Å². The molecule has 0 radical (unpaired) electrons. The molecular formula is C13H17F2N. The molecule has 2 atom stereocenters. The molecule has 0 aliphatic heterocycles. The fourth-order valence-corrected chi connectivity index (χ4v) is 2.30. The van der Waals surface area contributed by atoms with E-state index in [0.717, 1.165) is 12.8 Å². The highest BCUT2D eigenvalue weighted by atomic mass is 19.1. The Hall–Kier alpha value is -0.960. The molecule has 0 fully saturated rings. The van der Waals surface area contributed by atoms with E-state index in [4.69, 9.17) is 0 Å². The van der Waals surface area contributed by atoms with Crippen molar-refractivity contribution in [3.05, 3.63) is 34.9 Å². The zero-order chi connectivity index (χ0) is 11.7. The highest BCUT2D eigenvalue weighted by Crippen LogP contribution is 2.35. The fourth-order valence-electron chi connectivity index (χ4n) is 2.30. The van der Waals surface area contributed by atoms with E-state index >= 15 is 0 Å². The number of hydrogen-bond donors (Lipinski definition) is 1. The lowest BCUT2D eigenvalue weighted by Gasteiger charge is -2.19. The van der Waals surface area contributed by atoms with E-state index in [1.54, 1.807) is 0 Å². The van der Waals surface area contributed by atoms with Crippen molar-refractivity contribution in [2.45, 2.75) is 45.2 Å². The van der Waals surface area contributed by atoms with Crippen molar-refractivity contribution >= 4 is 0 Å². The van der Waals surface area contributed by atoms with Gasteiger partial charge >= 0.3 is 0 Å². The van der Waals surface area contributed by atoms with Gasteiger partial charge in [-0.15, -0.1) is 0 Å². The first-order chi connectivity index (χ1) is 7.63. The molecule has 0 saturated carbocycles. The number of halogens is 2. The predicted molar refractivity (Wildman–Crippen MR) is 60.3 cm³/mol. The molecular weight excluding hydrogens is 208 g/mol. The van der Waals surface area contributed by atoms with Crippen LogP contribution in [0.5, 0.6) is 0 Å².